The van der Waals surface area contributed by atoms with Crippen LogP contribution in [0.5, 0.6) is 5.75 Å². The van der Waals surface area contributed by atoms with E-state index >= 15 is 0 Å². The van der Waals surface area contributed by atoms with E-state index in [0.29, 0.717) is 36.1 Å². The molecule has 2 aromatic carbocycles. The molecule has 2 N–H and O–H groups in total. The second-order valence-electron chi connectivity index (χ2n) is 6.35. The largest absolute Gasteiger partial charge is 0.491 e. The van der Waals surface area contributed by atoms with Crippen LogP contribution in [0.2, 0.25) is 5.02 Å². The molecule has 1 aliphatic heterocycles. The molecule has 4 rings (SSSR count). The number of nitrogens with zero attached hydrogens (tertiary/aromatic N) is 2. The number of hydrogen-bond donors (Lipinski definition) is 1. The lowest BCUT2D eigenvalue weighted by molar-refractivity contribution is 0.0733. The molecular weight excluding hydrogens is 362 g/mol. The van der Waals surface area contributed by atoms with E-state index in [2.05, 4.69) is 4.98 Å². The van der Waals surface area contributed by atoms with Crippen LogP contribution in [0.4, 0.5) is 5.82 Å². The molecule has 2 heterocycles. The van der Waals surface area contributed by atoms with Crippen molar-refractivity contribution in [1.29, 1.82) is 0 Å². The third-order valence-electron chi connectivity index (χ3n) is 4.55. The predicted molar refractivity (Wildman–Crippen MR) is 106 cm³/mol. The Labute approximate surface area is 162 Å². The minimum Gasteiger partial charge on any atom is -0.491 e. The van der Waals surface area contributed by atoms with Gasteiger partial charge in [0.1, 0.15) is 18.2 Å². The van der Waals surface area contributed by atoms with Crippen LogP contribution >= 0.6 is 11.6 Å². The molecule has 0 bridgehead atoms. The van der Waals surface area contributed by atoms with Gasteiger partial charge < -0.3 is 15.4 Å². The van der Waals surface area contributed by atoms with E-state index in [4.69, 9.17) is 22.1 Å². The quantitative estimate of drug-likeness (QED) is 0.730. The van der Waals surface area contributed by atoms with Crippen LogP contribution in [0.3, 0.4) is 0 Å². The van der Waals surface area contributed by atoms with Gasteiger partial charge in [-0.05, 0) is 42.0 Å². The predicted octanol–water partition coefficient (Wildman–Crippen LogP) is 4.02. The fourth-order valence-corrected chi connectivity index (χ4v) is 3.34. The number of aromatic nitrogens is 1. The monoisotopic (exact) mass is 379 g/mol. The van der Waals surface area contributed by atoms with Crippen LogP contribution < -0.4 is 10.5 Å². The molecule has 1 aliphatic rings. The molecule has 0 atom stereocenters. The maximum Gasteiger partial charge on any atom is 0.255 e. The minimum absolute atomic E-state index is 0.100. The van der Waals surface area contributed by atoms with Crippen molar-refractivity contribution in [3.05, 3.63) is 76.9 Å². The molecule has 0 spiro atoms. The number of nitrogens with two attached hydrogens (primary N) is 1. The summed E-state index contributed by atoms with van der Waals surface area (Å²) >= 11 is 6.20. The minimum atomic E-state index is -0.100. The lowest BCUT2D eigenvalue weighted by Gasteiger charge is -2.20. The Morgan fingerprint density at radius 3 is 2.70 bits per heavy atom. The summed E-state index contributed by atoms with van der Waals surface area (Å²) in [6, 6.07) is 16.7. The molecule has 1 amide bonds. The molecule has 1 aromatic heterocycles. The third-order valence-corrected chi connectivity index (χ3v) is 4.88. The summed E-state index contributed by atoms with van der Waals surface area (Å²) in [6.07, 6.45) is 1.74. The van der Waals surface area contributed by atoms with Crippen LogP contribution in [0.25, 0.3) is 11.1 Å². The fraction of sp³-hybridized carbons (Fsp3) is 0.143. The first-order valence-electron chi connectivity index (χ1n) is 8.63. The van der Waals surface area contributed by atoms with Crippen molar-refractivity contribution in [2.75, 3.05) is 18.9 Å². The molecule has 0 radical (unpaired) electrons. The van der Waals surface area contributed by atoms with Gasteiger partial charge in [-0.3, -0.25) is 4.79 Å². The summed E-state index contributed by atoms with van der Waals surface area (Å²) in [5.41, 5.74) is 9.07. The lowest BCUT2D eigenvalue weighted by Crippen LogP contribution is -2.32. The molecule has 5 nitrogen and oxygen atoms in total. The van der Waals surface area contributed by atoms with Gasteiger partial charge in [-0.25, -0.2) is 4.98 Å². The first-order valence-corrected chi connectivity index (χ1v) is 9.01. The molecule has 0 unspecified atom stereocenters. The first-order chi connectivity index (χ1) is 13.1. The van der Waals surface area contributed by atoms with Gasteiger partial charge in [-0.15, -0.1) is 0 Å². The molecule has 3 aromatic rings. The summed E-state index contributed by atoms with van der Waals surface area (Å²) < 4.78 is 5.84. The van der Waals surface area contributed by atoms with Crippen LogP contribution in [0.1, 0.15) is 15.9 Å². The number of ether oxygens (including phenoxy) is 1. The van der Waals surface area contributed by atoms with Crippen molar-refractivity contribution in [1.82, 2.24) is 9.88 Å². The van der Waals surface area contributed by atoms with Crippen molar-refractivity contribution in [2.45, 2.75) is 6.54 Å². The van der Waals surface area contributed by atoms with Gasteiger partial charge >= 0.3 is 0 Å². The number of amides is 1. The Hall–Kier alpha value is -3.05. The van der Waals surface area contributed by atoms with Gasteiger partial charge in [0.25, 0.3) is 5.91 Å². The Morgan fingerprint density at radius 1 is 1.11 bits per heavy atom. The topological polar surface area (TPSA) is 68.5 Å². The Bertz CT molecular complexity index is 989. The van der Waals surface area contributed by atoms with E-state index in [9.17, 15) is 4.79 Å². The average Bonchev–Trinajstić information content (AvgIpc) is 2.90. The highest BCUT2D eigenvalue weighted by Gasteiger charge is 2.22. The molecule has 0 aliphatic carbocycles. The van der Waals surface area contributed by atoms with E-state index in [0.717, 1.165) is 22.4 Å². The van der Waals surface area contributed by atoms with E-state index in [1.54, 1.807) is 29.3 Å². The zero-order chi connectivity index (χ0) is 18.8. The molecule has 6 heteroatoms. The lowest BCUT2D eigenvalue weighted by atomic mass is 10.0. The van der Waals surface area contributed by atoms with Crippen molar-refractivity contribution >= 4 is 23.3 Å². The highest BCUT2D eigenvalue weighted by atomic mass is 35.5. The zero-order valence-electron chi connectivity index (χ0n) is 14.6. The van der Waals surface area contributed by atoms with Crippen LogP contribution in [0.15, 0.2) is 60.8 Å². The molecule has 0 saturated carbocycles. The van der Waals surface area contributed by atoms with Crippen molar-refractivity contribution in [2.24, 2.45) is 0 Å². The highest BCUT2D eigenvalue weighted by molar-refractivity contribution is 6.33. The molecule has 136 valence electrons. The second kappa shape index (κ2) is 7.29. The van der Waals surface area contributed by atoms with Crippen LogP contribution in [-0.2, 0) is 6.54 Å². The highest BCUT2D eigenvalue weighted by Crippen LogP contribution is 2.30. The molecule has 0 fully saturated rings. The Balaban J connectivity index is 1.65. The summed E-state index contributed by atoms with van der Waals surface area (Å²) in [7, 11) is 0. The van der Waals surface area contributed by atoms with Crippen LogP contribution in [0, 0.1) is 0 Å². The van der Waals surface area contributed by atoms with Gasteiger partial charge in [0.2, 0.25) is 0 Å². The van der Waals surface area contributed by atoms with Gasteiger partial charge in [-0.1, -0.05) is 29.8 Å². The number of halogens is 1. The van der Waals surface area contributed by atoms with Crippen molar-refractivity contribution in [3.8, 4) is 16.9 Å². The van der Waals surface area contributed by atoms with E-state index in [1.165, 1.54) is 0 Å². The molecule has 0 saturated heterocycles. The maximum absolute atomic E-state index is 12.9. The van der Waals surface area contributed by atoms with Gasteiger partial charge in [0.15, 0.2) is 0 Å². The number of fused-ring (bicyclic) bond motifs is 1. The van der Waals surface area contributed by atoms with Crippen molar-refractivity contribution in [3.63, 3.8) is 0 Å². The third kappa shape index (κ3) is 3.59. The van der Waals surface area contributed by atoms with Gasteiger partial charge in [0, 0.05) is 23.9 Å². The summed E-state index contributed by atoms with van der Waals surface area (Å²) in [4.78, 5) is 18.8. The van der Waals surface area contributed by atoms with E-state index in [-0.39, 0.29) is 5.91 Å². The molecule has 27 heavy (non-hydrogen) atoms. The number of nitrogen functional groups attached to an aromatic ring is 1. The smallest absolute Gasteiger partial charge is 0.255 e. The fourth-order valence-electron chi connectivity index (χ4n) is 3.13. The summed E-state index contributed by atoms with van der Waals surface area (Å²) in [6.45, 7) is 1.39. The number of hydrogen-bond acceptors (Lipinski definition) is 4. The Kier molecular flexibility index (Phi) is 4.69. The standard InChI is InChI=1S/C21H18ClN3O2/c22-18-4-2-1-3-17(18)21(26)25-9-10-27-19-7-5-14(11-16(19)13-25)15-6-8-20(23)24-12-15/h1-8,11-12H,9-10,13H2,(H2,23,24). The van der Waals surface area contributed by atoms with E-state index in [1.807, 2.05) is 36.4 Å². The number of carbonyl (C=O) groups is 1. The SMILES string of the molecule is Nc1ccc(-c2ccc3c(c2)CN(C(=O)c2ccccc2Cl)CCO3)cn1. The van der Waals surface area contributed by atoms with Crippen LogP contribution in [-0.4, -0.2) is 28.9 Å². The maximum atomic E-state index is 12.9. The van der Waals surface area contributed by atoms with Crippen molar-refractivity contribution < 1.29 is 9.53 Å². The second-order valence-corrected chi connectivity index (χ2v) is 6.76. The van der Waals surface area contributed by atoms with Gasteiger partial charge in [0.05, 0.1) is 17.1 Å². The number of benzene rings is 2. The van der Waals surface area contributed by atoms with E-state index < -0.39 is 0 Å². The summed E-state index contributed by atoms with van der Waals surface area (Å²) in [5.74, 6) is 1.17. The first kappa shape index (κ1) is 17.4. The summed E-state index contributed by atoms with van der Waals surface area (Å²) in [5, 5.41) is 0.453. The average molecular weight is 380 g/mol. The zero-order valence-corrected chi connectivity index (χ0v) is 15.3. The number of anilines is 1. The number of carbonyl (C=O) groups excluding carboxylic acids is 1. The number of rotatable bonds is 2. The Morgan fingerprint density at radius 2 is 1.93 bits per heavy atom. The molecular formula is C21H18ClN3O2. The van der Waals surface area contributed by atoms with Gasteiger partial charge in [-0.2, -0.15) is 0 Å². The normalized spacial score (nSPS) is 13.4. The number of pyridine rings is 1.